The van der Waals surface area contributed by atoms with Crippen molar-refractivity contribution in [2.75, 3.05) is 32.8 Å². The van der Waals surface area contributed by atoms with Crippen LogP contribution in [0.3, 0.4) is 0 Å². The Bertz CT molecular complexity index is 1220. The molecule has 3 aliphatic heterocycles. The van der Waals surface area contributed by atoms with Crippen molar-refractivity contribution in [3.8, 4) is 0 Å². The SMILES string of the molecule is C=CCCC(=O)NC[C@H](OC(=O)[C@@H]1[C@H]2C(=O)N(CCCCCCO)[C@H](C(=O)N(CC=C)CCCC)[C@]23CC[C@H]1O3)c1ccccc1. The monoisotopic (exact) mass is 637 g/mol. The quantitative estimate of drug-likeness (QED) is 0.125. The zero-order chi connectivity index (χ0) is 33.1. The number of esters is 1. The van der Waals surface area contributed by atoms with Crippen molar-refractivity contribution in [2.45, 2.75) is 95.0 Å². The van der Waals surface area contributed by atoms with Gasteiger partial charge in [0.2, 0.25) is 17.7 Å². The maximum absolute atomic E-state index is 14.3. The lowest BCUT2D eigenvalue weighted by atomic mass is 9.70. The van der Waals surface area contributed by atoms with Gasteiger partial charge in [-0.05, 0) is 44.1 Å². The first-order chi connectivity index (χ1) is 22.3. The summed E-state index contributed by atoms with van der Waals surface area (Å²) < 4.78 is 12.7. The van der Waals surface area contributed by atoms with Crippen LogP contribution in [0.1, 0.15) is 82.8 Å². The van der Waals surface area contributed by atoms with E-state index < -0.39 is 41.7 Å². The number of carbonyl (C=O) groups is 4. The highest BCUT2D eigenvalue weighted by atomic mass is 16.6. The topological polar surface area (TPSA) is 125 Å². The van der Waals surface area contributed by atoms with Gasteiger partial charge in [0.1, 0.15) is 17.7 Å². The number of aliphatic hydroxyl groups excluding tert-OH is 1. The molecule has 6 atom stereocenters. The zero-order valence-electron chi connectivity index (χ0n) is 27.2. The van der Waals surface area contributed by atoms with Gasteiger partial charge in [0.15, 0.2) is 0 Å². The standard InChI is InChI=1S/C36H51N3O7/c1-4-7-18-29(41)37-25-28(26-16-12-11-13-17-26)45-35(44)30-27-19-20-36(46-27)31(30)33(42)39(23-14-9-10-15-24-40)32(36)34(43)38(21-6-3)22-8-5-2/h4,6,11-13,16-17,27-28,30-32,40H,1,3,5,7-10,14-15,18-25H2,2H3,(H,37,41)/t27-,28+,30+,31+,32-,36+/m1/s1. The number of hydrogen-bond acceptors (Lipinski definition) is 7. The Kier molecular flexibility index (Phi) is 13.0. The summed E-state index contributed by atoms with van der Waals surface area (Å²) in [7, 11) is 0. The molecule has 3 heterocycles. The van der Waals surface area contributed by atoms with E-state index in [1.165, 1.54) is 0 Å². The minimum absolute atomic E-state index is 0.0861. The van der Waals surface area contributed by atoms with Crippen LogP contribution in [-0.2, 0) is 28.7 Å². The predicted molar refractivity (Wildman–Crippen MR) is 174 cm³/mol. The lowest BCUT2D eigenvalue weighted by Crippen LogP contribution is -2.56. The fourth-order valence-electron chi connectivity index (χ4n) is 7.30. The van der Waals surface area contributed by atoms with Gasteiger partial charge in [-0.1, -0.05) is 68.7 Å². The van der Waals surface area contributed by atoms with E-state index in [2.05, 4.69) is 25.4 Å². The van der Waals surface area contributed by atoms with Crippen molar-refractivity contribution < 1.29 is 33.8 Å². The van der Waals surface area contributed by atoms with Crippen LogP contribution in [0.15, 0.2) is 55.6 Å². The first kappa shape index (κ1) is 35.4. The number of nitrogens with zero attached hydrogens (tertiary/aromatic N) is 2. The highest BCUT2D eigenvalue weighted by Gasteiger charge is 2.75. The van der Waals surface area contributed by atoms with E-state index in [1.807, 2.05) is 30.3 Å². The molecule has 0 unspecified atom stereocenters. The van der Waals surface area contributed by atoms with Crippen LogP contribution < -0.4 is 5.32 Å². The number of allylic oxidation sites excluding steroid dienone is 1. The van der Waals surface area contributed by atoms with Crippen LogP contribution in [0.5, 0.6) is 0 Å². The third kappa shape index (κ3) is 7.72. The van der Waals surface area contributed by atoms with E-state index in [0.717, 1.165) is 31.2 Å². The molecule has 4 rings (SSSR count). The largest absolute Gasteiger partial charge is 0.455 e. The van der Waals surface area contributed by atoms with Crippen molar-refractivity contribution in [2.24, 2.45) is 11.8 Å². The minimum atomic E-state index is -1.11. The number of unbranched alkanes of at least 4 members (excludes halogenated alkanes) is 4. The number of hydrogen-bond donors (Lipinski definition) is 2. The molecule has 0 aromatic heterocycles. The van der Waals surface area contributed by atoms with Crippen LogP contribution in [-0.4, -0.2) is 89.1 Å². The first-order valence-corrected chi connectivity index (χ1v) is 16.9. The molecule has 3 saturated heterocycles. The fraction of sp³-hybridized carbons (Fsp3) is 0.611. The smallest absolute Gasteiger partial charge is 0.313 e. The van der Waals surface area contributed by atoms with Crippen LogP contribution in [0, 0.1) is 11.8 Å². The van der Waals surface area contributed by atoms with Crippen molar-refractivity contribution in [1.82, 2.24) is 15.1 Å². The molecule has 1 aromatic carbocycles. The van der Waals surface area contributed by atoms with E-state index in [9.17, 15) is 24.3 Å². The molecule has 3 aliphatic rings. The normalized spacial score (nSPS) is 25.2. The summed E-state index contributed by atoms with van der Waals surface area (Å²) in [6, 6.07) is 8.39. The average Bonchev–Trinajstić information content (AvgIpc) is 3.71. The minimum Gasteiger partial charge on any atom is -0.455 e. The van der Waals surface area contributed by atoms with E-state index >= 15 is 0 Å². The van der Waals surface area contributed by atoms with Gasteiger partial charge in [-0.2, -0.15) is 0 Å². The van der Waals surface area contributed by atoms with Gasteiger partial charge in [-0.3, -0.25) is 19.2 Å². The molecule has 0 radical (unpaired) electrons. The lowest BCUT2D eigenvalue weighted by molar-refractivity contribution is -0.160. The van der Waals surface area contributed by atoms with E-state index in [4.69, 9.17) is 9.47 Å². The fourth-order valence-corrected chi connectivity index (χ4v) is 7.30. The molecule has 2 N–H and O–H groups in total. The van der Waals surface area contributed by atoms with Crippen molar-refractivity contribution in [1.29, 1.82) is 0 Å². The number of fused-ring (bicyclic) bond motifs is 1. The van der Waals surface area contributed by atoms with Crippen molar-refractivity contribution in [3.05, 3.63) is 61.2 Å². The van der Waals surface area contributed by atoms with Gasteiger partial charge in [-0.15, -0.1) is 13.2 Å². The number of ether oxygens (including phenoxy) is 2. The summed E-state index contributed by atoms with van der Waals surface area (Å²) >= 11 is 0. The molecular weight excluding hydrogens is 586 g/mol. The Morgan fingerprint density at radius 2 is 1.91 bits per heavy atom. The number of benzene rings is 1. The molecule has 1 spiro atoms. The molecule has 1 aromatic rings. The van der Waals surface area contributed by atoms with E-state index in [0.29, 0.717) is 51.7 Å². The van der Waals surface area contributed by atoms with Crippen molar-refractivity contribution >= 4 is 23.7 Å². The van der Waals surface area contributed by atoms with Gasteiger partial charge in [0.05, 0.1) is 24.5 Å². The highest BCUT2D eigenvalue weighted by molar-refractivity contribution is 5.98. The van der Waals surface area contributed by atoms with E-state index in [1.54, 1.807) is 22.0 Å². The number of carbonyl (C=O) groups excluding carboxylic acids is 4. The van der Waals surface area contributed by atoms with Crippen LogP contribution in [0.25, 0.3) is 0 Å². The number of amides is 3. The summed E-state index contributed by atoms with van der Waals surface area (Å²) in [5, 5.41) is 12.1. The summed E-state index contributed by atoms with van der Waals surface area (Å²) in [6.45, 7) is 11.1. The Balaban J connectivity index is 1.60. The maximum Gasteiger partial charge on any atom is 0.313 e. The molecule has 3 amide bonds. The molecule has 0 saturated carbocycles. The van der Waals surface area contributed by atoms with E-state index in [-0.39, 0.29) is 37.3 Å². The van der Waals surface area contributed by atoms with Gasteiger partial charge in [0.25, 0.3) is 0 Å². The summed E-state index contributed by atoms with van der Waals surface area (Å²) in [5.74, 6) is -2.83. The van der Waals surface area contributed by atoms with Gasteiger partial charge >= 0.3 is 5.97 Å². The summed E-state index contributed by atoms with van der Waals surface area (Å²) in [6.07, 6.45) is 8.67. The highest BCUT2D eigenvalue weighted by Crippen LogP contribution is 2.59. The molecule has 3 fully saturated rings. The van der Waals surface area contributed by atoms with Crippen LogP contribution >= 0.6 is 0 Å². The number of nitrogens with one attached hydrogen (secondary N) is 1. The molecule has 252 valence electrons. The second kappa shape index (κ2) is 16.9. The molecule has 10 nitrogen and oxygen atoms in total. The lowest BCUT2D eigenvalue weighted by Gasteiger charge is -2.37. The molecular formula is C36H51N3O7. The Hall–Kier alpha value is -3.50. The number of aliphatic hydroxyl groups is 1. The summed E-state index contributed by atoms with van der Waals surface area (Å²) in [5.41, 5.74) is -0.384. The second-order valence-corrected chi connectivity index (χ2v) is 12.6. The van der Waals surface area contributed by atoms with Gasteiger partial charge < -0.3 is 29.7 Å². The van der Waals surface area contributed by atoms with Crippen molar-refractivity contribution in [3.63, 3.8) is 0 Å². The predicted octanol–water partition coefficient (Wildman–Crippen LogP) is 4.10. The third-order valence-corrected chi connectivity index (χ3v) is 9.55. The molecule has 0 aliphatic carbocycles. The number of likely N-dealkylation sites (tertiary alicyclic amines) is 1. The molecule has 10 heteroatoms. The Morgan fingerprint density at radius 1 is 1.15 bits per heavy atom. The Labute approximate surface area is 273 Å². The number of rotatable bonds is 20. The average molecular weight is 638 g/mol. The molecule has 46 heavy (non-hydrogen) atoms. The third-order valence-electron chi connectivity index (χ3n) is 9.55. The Morgan fingerprint density at radius 3 is 2.61 bits per heavy atom. The second-order valence-electron chi connectivity index (χ2n) is 12.6. The van der Waals surface area contributed by atoms with Gasteiger partial charge in [-0.25, -0.2) is 0 Å². The molecule has 2 bridgehead atoms. The first-order valence-electron chi connectivity index (χ1n) is 16.9. The van der Waals surface area contributed by atoms with Gasteiger partial charge in [0, 0.05) is 32.7 Å². The van der Waals surface area contributed by atoms with Crippen LogP contribution in [0.4, 0.5) is 0 Å². The zero-order valence-corrected chi connectivity index (χ0v) is 27.2. The maximum atomic E-state index is 14.3. The summed E-state index contributed by atoms with van der Waals surface area (Å²) in [4.78, 5) is 58.6. The van der Waals surface area contributed by atoms with Crippen LogP contribution in [0.2, 0.25) is 0 Å².